The minimum Gasteiger partial charge on any atom is -0.330 e. The second-order valence-corrected chi connectivity index (χ2v) is 4.34. The molecule has 3 heteroatoms. The van der Waals surface area contributed by atoms with Crippen molar-refractivity contribution < 1.29 is 0 Å². The van der Waals surface area contributed by atoms with Gasteiger partial charge < -0.3 is 5.73 Å². The monoisotopic (exact) mass is 229 g/mol. The molecule has 2 rings (SSSR count). The third-order valence-corrected chi connectivity index (χ3v) is 2.85. The van der Waals surface area contributed by atoms with Crippen molar-refractivity contribution >= 4 is 0 Å². The standard InChI is InChI=1S/C14H19N3/c1-12-10-16-17(11-12)14-8-3-2-6-13(14)7-4-5-9-15/h2-3,6,8,10-11H,4-5,7,9,15H2,1H3. The summed E-state index contributed by atoms with van der Waals surface area (Å²) in [6.45, 7) is 2.82. The lowest BCUT2D eigenvalue weighted by Gasteiger charge is -2.09. The van der Waals surface area contributed by atoms with E-state index in [1.807, 2.05) is 10.9 Å². The van der Waals surface area contributed by atoms with E-state index < -0.39 is 0 Å². The van der Waals surface area contributed by atoms with Gasteiger partial charge in [-0.3, -0.25) is 0 Å². The number of hydrogen-bond donors (Lipinski definition) is 1. The van der Waals surface area contributed by atoms with Crippen LogP contribution in [0.1, 0.15) is 24.0 Å². The molecule has 0 saturated heterocycles. The molecule has 3 nitrogen and oxygen atoms in total. The number of aromatic nitrogens is 2. The Morgan fingerprint density at radius 3 is 2.76 bits per heavy atom. The van der Waals surface area contributed by atoms with E-state index in [2.05, 4.69) is 42.5 Å². The number of aryl methyl sites for hydroxylation is 2. The van der Waals surface area contributed by atoms with Crippen molar-refractivity contribution in [3.05, 3.63) is 47.8 Å². The first-order chi connectivity index (χ1) is 8.31. The van der Waals surface area contributed by atoms with Gasteiger partial charge in [0.2, 0.25) is 0 Å². The molecule has 1 heterocycles. The smallest absolute Gasteiger partial charge is 0.0677 e. The fourth-order valence-electron chi connectivity index (χ4n) is 1.95. The van der Waals surface area contributed by atoms with E-state index in [0.717, 1.165) is 25.8 Å². The van der Waals surface area contributed by atoms with Crippen molar-refractivity contribution in [3.63, 3.8) is 0 Å². The van der Waals surface area contributed by atoms with Gasteiger partial charge in [0.1, 0.15) is 0 Å². The number of rotatable bonds is 5. The summed E-state index contributed by atoms with van der Waals surface area (Å²) in [4.78, 5) is 0. The van der Waals surface area contributed by atoms with Crippen LogP contribution in [0.15, 0.2) is 36.7 Å². The number of hydrogen-bond acceptors (Lipinski definition) is 2. The van der Waals surface area contributed by atoms with Gasteiger partial charge in [-0.25, -0.2) is 4.68 Å². The van der Waals surface area contributed by atoms with Crippen LogP contribution in [0, 0.1) is 6.92 Å². The van der Waals surface area contributed by atoms with Crippen LogP contribution in [0.5, 0.6) is 0 Å². The van der Waals surface area contributed by atoms with E-state index >= 15 is 0 Å². The highest BCUT2D eigenvalue weighted by Gasteiger charge is 2.04. The van der Waals surface area contributed by atoms with E-state index in [4.69, 9.17) is 5.73 Å². The van der Waals surface area contributed by atoms with Crippen molar-refractivity contribution in [1.82, 2.24) is 9.78 Å². The van der Waals surface area contributed by atoms with Crippen molar-refractivity contribution in [2.24, 2.45) is 5.73 Å². The molecule has 2 aromatic rings. The Morgan fingerprint density at radius 2 is 2.06 bits per heavy atom. The molecular formula is C14H19N3. The molecule has 0 bridgehead atoms. The zero-order valence-electron chi connectivity index (χ0n) is 10.3. The van der Waals surface area contributed by atoms with E-state index in [1.54, 1.807) is 0 Å². The molecule has 1 aromatic heterocycles. The number of benzene rings is 1. The van der Waals surface area contributed by atoms with Crippen molar-refractivity contribution in [2.75, 3.05) is 6.54 Å². The average Bonchev–Trinajstić information content (AvgIpc) is 2.77. The zero-order valence-corrected chi connectivity index (χ0v) is 10.3. The van der Waals surface area contributed by atoms with Gasteiger partial charge in [0.25, 0.3) is 0 Å². The Kier molecular flexibility index (Phi) is 3.94. The van der Waals surface area contributed by atoms with Crippen molar-refractivity contribution in [3.8, 4) is 5.69 Å². The minimum absolute atomic E-state index is 0.767. The molecule has 0 aliphatic rings. The van der Waals surface area contributed by atoms with Crippen LogP contribution in [-0.2, 0) is 6.42 Å². The SMILES string of the molecule is Cc1cnn(-c2ccccc2CCCCN)c1. The van der Waals surface area contributed by atoms with Crippen LogP contribution in [-0.4, -0.2) is 16.3 Å². The highest BCUT2D eigenvalue weighted by molar-refractivity contribution is 5.40. The molecule has 0 aliphatic heterocycles. The second kappa shape index (κ2) is 5.64. The van der Waals surface area contributed by atoms with E-state index in [-0.39, 0.29) is 0 Å². The maximum Gasteiger partial charge on any atom is 0.0677 e. The molecule has 17 heavy (non-hydrogen) atoms. The first kappa shape index (κ1) is 11.9. The predicted octanol–water partition coefficient (Wildman–Crippen LogP) is 2.46. The van der Waals surface area contributed by atoms with Gasteiger partial charge in [0, 0.05) is 6.20 Å². The Hall–Kier alpha value is -1.61. The summed E-state index contributed by atoms with van der Waals surface area (Å²) in [6.07, 6.45) is 7.21. The van der Waals surface area contributed by atoms with Gasteiger partial charge in [-0.1, -0.05) is 18.2 Å². The molecule has 0 saturated carbocycles. The molecule has 0 radical (unpaired) electrons. The topological polar surface area (TPSA) is 43.8 Å². The molecule has 0 spiro atoms. The number of nitrogens with two attached hydrogens (primary N) is 1. The fourth-order valence-corrected chi connectivity index (χ4v) is 1.95. The van der Waals surface area contributed by atoms with Gasteiger partial charge >= 0.3 is 0 Å². The Labute approximate surface area is 102 Å². The lowest BCUT2D eigenvalue weighted by atomic mass is 10.1. The summed E-state index contributed by atoms with van der Waals surface area (Å²) in [5.74, 6) is 0. The maximum atomic E-state index is 5.53. The van der Waals surface area contributed by atoms with Crippen LogP contribution in [0.4, 0.5) is 0 Å². The summed E-state index contributed by atoms with van der Waals surface area (Å²) in [6, 6.07) is 8.42. The van der Waals surface area contributed by atoms with Crippen LogP contribution < -0.4 is 5.73 Å². The number of unbranched alkanes of at least 4 members (excludes halogenated alkanes) is 1. The maximum absolute atomic E-state index is 5.53. The zero-order chi connectivity index (χ0) is 12.1. The molecular weight excluding hydrogens is 210 g/mol. The Morgan fingerprint density at radius 1 is 1.24 bits per heavy atom. The molecule has 0 aliphatic carbocycles. The largest absolute Gasteiger partial charge is 0.330 e. The Balaban J connectivity index is 2.21. The van der Waals surface area contributed by atoms with Crippen molar-refractivity contribution in [2.45, 2.75) is 26.2 Å². The van der Waals surface area contributed by atoms with Gasteiger partial charge in [-0.05, 0) is 49.9 Å². The van der Waals surface area contributed by atoms with Gasteiger partial charge in [0.15, 0.2) is 0 Å². The molecule has 2 N–H and O–H groups in total. The molecule has 0 amide bonds. The normalized spacial score (nSPS) is 10.7. The van der Waals surface area contributed by atoms with Crippen LogP contribution >= 0.6 is 0 Å². The summed E-state index contributed by atoms with van der Waals surface area (Å²) >= 11 is 0. The quantitative estimate of drug-likeness (QED) is 0.800. The van der Waals surface area contributed by atoms with E-state index in [1.165, 1.54) is 16.8 Å². The predicted molar refractivity (Wildman–Crippen MR) is 70.3 cm³/mol. The van der Waals surface area contributed by atoms with Gasteiger partial charge in [0.05, 0.1) is 11.9 Å². The molecule has 0 atom stereocenters. The minimum atomic E-state index is 0.767. The molecule has 0 unspecified atom stereocenters. The summed E-state index contributed by atoms with van der Waals surface area (Å²) in [7, 11) is 0. The summed E-state index contributed by atoms with van der Waals surface area (Å²) in [5, 5.41) is 4.37. The van der Waals surface area contributed by atoms with Crippen LogP contribution in [0.2, 0.25) is 0 Å². The first-order valence-corrected chi connectivity index (χ1v) is 6.11. The van der Waals surface area contributed by atoms with Gasteiger partial charge in [-0.15, -0.1) is 0 Å². The lowest BCUT2D eigenvalue weighted by molar-refractivity contribution is 0.736. The third-order valence-electron chi connectivity index (χ3n) is 2.85. The lowest BCUT2D eigenvalue weighted by Crippen LogP contribution is -2.02. The van der Waals surface area contributed by atoms with Gasteiger partial charge in [-0.2, -0.15) is 5.10 Å². The van der Waals surface area contributed by atoms with E-state index in [9.17, 15) is 0 Å². The molecule has 0 fully saturated rings. The Bertz CT molecular complexity index is 474. The van der Waals surface area contributed by atoms with E-state index in [0.29, 0.717) is 0 Å². The summed E-state index contributed by atoms with van der Waals surface area (Å²) < 4.78 is 1.95. The summed E-state index contributed by atoms with van der Waals surface area (Å²) in [5.41, 5.74) is 9.23. The highest BCUT2D eigenvalue weighted by atomic mass is 15.3. The van der Waals surface area contributed by atoms with Crippen LogP contribution in [0.3, 0.4) is 0 Å². The molecule has 1 aromatic carbocycles. The second-order valence-electron chi connectivity index (χ2n) is 4.34. The average molecular weight is 229 g/mol. The fraction of sp³-hybridized carbons (Fsp3) is 0.357. The number of para-hydroxylation sites is 1. The van der Waals surface area contributed by atoms with Crippen molar-refractivity contribution in [1.29, 1.82) is 0 Å². The number of nitrogens with zero attached hydrogens (tertiary/aromatic N) is 2. The molecule has 90 valence electrons. The first-order valence-electron chi connectivity index (χ1n) is 6.11. The van der Waals surface area contributed by atoms with Crippen LogP contribution in [0.25, 0.3) is 5.69 Å². The third kappa shape index (κ3) is 2.94. The highest BCUT2D eigenvalue weighted by Crippen LogP contribution is 2.16.